The van der Waals surface area contributed by atoms with Crippen LogP contribution in [0.3, 0.4) is 0 Å². The first-order valence-electron chi connectivity index (χ1n) is 7.99. The molecule has 3 fully saturated rings. The number of hydrogen-bond acceptors (Lipinski definition) is 2. The zero-order valence-corrected chi connectivity index (χ0v) is 12.1. The fourth-order valence-electron chi connectivity index (χ4n) is 4.92. The van der Waals surface area contributed by atoms with E-state index in [9.17, 15) is 0 Å². The molecule has 18 heavy (non-hydrogen) atoms. The third-order valence-electron chi connectivity index (χ3n) is 6.07. The summed E-state index contributed by atoms with van der Waals surface area (Å²) in [6.07, 6.45) is 12.3. The molecule has 2 atom stereocenters. The zero-order valence-electron chi connectivity index (χ0n) is 12.1. The van der Waals surface area contributed by atoms with Gasteiger partial charge in [-0.2, -0.15) is 0 Å². The molecule has 1 heterocycles. The molecule has 0 bridgehead atoms. The fourth-order valence-corrected chi connectivity index (χ4v) is 4.92. The zero-order chi connectivity index (χ0) is 12.6. The Morgan fingerprint density at radius 3 is 2.39 bits per heavy atom. The summed E-state index contributed by atoms with van der Waals surface area (Å²) in [6, 6.07) is 0.710. The highest BCUT2D eigenvalue weighted by atomic mass is 16.5. The minimum absolute atomic E-state index is 0.299. The minimum Gasteiger partial charge on any atom is -0.375 e. The third-order valence-corrected chi connectivity index (χ3v) is 6.07. The van der Waals surface area contributed by atoms with Crippen LogP contribution in [0.5, 0.6) is 0 Å². The van der Waals surface area contributed by atoms with Gasteiger partial charge in [0.2, 0.25) is 0 Å². The molecule has 0 radical (unpaired) electrons. The second kappa shape index (κ2) is 4.79. The topological polar surface area (TPSA) is 21.3 Å². The van der Waals surface area contributed by atoms with Crippen molar-refractivity contribution in [3.63, 3.8) is 0 Å². The molecule has 2 nitrogen and oxygen atoms in total. The molecule has 3 aliphatic rings. The van der Waals surface area contributed by atoms with Gasteiger partial charge in [0.05, 0.1) is 5.60 Å². The lowest BCUT2D eigenvalue weighted by Crippen LogP contribution is -2.53. The lowest BCUT2D eigenvalue weighted by molar-refractivity contribution is -0.151. The van der Waals surface area contributed by atoms with Gasteiger partial charge in [0, 0.05) is 12.6 Å². The molecule has 1 aliphatic heterocycles. The van der Waals surface area contributed by atoms with Crippen molar-refractivity contribution in [1.82, 2.24) is 5.32 Å². The molecule has 2 saturated carbocycles. The van der Waals surface area contributed by atoms with E-state index in [1.807, 2.05) is 0 Å². The van der Waals surface area contributed by atoms with Crippen LogP contribution < -0.4 is 5.32 Å². The molecule has 104 valence electrons. The number of hydrogen-bond donors (Lipinski definition) is 1. The SMILES string of the molecule is CNC(C1CCOC2(CCC2)C1)C1(C)CCCC1. The molecule has 0 aromatic heterocycles. The molecule has 1 spiro atoms. The molecule has 0 aromatic rings. The van der Waals surface area contributed by atoms with E-state index in [0.717, 1.165) is 12.5 Å². The second-order valence-electron chi connectivity index (χ2n) is 7.27. The first-order chi connectivity index (χ1) is 8.68. The van der Waals surface area contributed by atoms with Gasteiger partial charge in [-0.05, 0) is 63.3 Å². The predicted octanol–water partition coefficient (Wildman–Crippen LogP) is 3.50. The van der Waals surface area contributed by atoms with Gasteiger partial charge in [-0.15, -0.1) is 0 Å². The Hall–Kier alpha value is -0.0800. The van der Waals surface area contributed by atoms with Crippen molar-refractivity contribution < 1.29 is 4.74 Å². The van der Waals surface area contributed by atoms with Crippen molar-refractivity contribution >= 4 is 0 Å². The van der Waals surface area contributed by atoms with Crippen LogP contribution in [0, 0.1) is 11.3 Å². The average molecular weight is 251 g/mol. The molecule has 2 aliphatic carbocycles. The van der Waals surface area contributed by atoms with Gasteiger partial charge < -0.3 is 10.1 Å². The Morgan fingerprint density at radius 2 is 1.83 bits per heavy atom. The first kappa shape index (κ1) is 12.9. The van der Waals surface area contributed by atoms with Crippen molar-refractivity contribution in [3.8, 4) is 0 Å². The van der Waals surface area contributed by atoms with E-state index < -0.39 is 0 Å². The number of nitrogens with one attached hydrogen (secondary N) is 1. The Labute approximate surface area is 112 Å². The highest BCUT2D eigenvalue weighted by molar-refractivity contribution is 5.01. The Morgan fingerprint density at radius 1 is 1.11 bits per heavy atom. The van der Waals surface area contributed by atoms with Crippen LogP contribution >= 0.6 is 0 Å². The highest BCUT2D eigenvalue weighted by Gasteiger charge is 2.48. The van der Waals surface area contributed by atoms with Gasteiger partial charge in [0.1, 0.15) is 0 Å². The number of rotatable bonds is 3. The van der Waals surface area contributed by atoms with E-state index in [1.165, 1.54) is 57.8 Å². The van der Waals surface area contributed by atoms with Crippen LogP contribution in [0.15, 0.2) is 0 Å². The Balaban J connectivity index is 1.71. The third kappa shape index (κ3) is 2.12. The first-order valence-corrected chi connectivity index (χ1v) is 7.99. The van der Waals surface area contributed by atoms with E-state index >= 15 is 0 Å². The van der Waals surface area contributed by atoms with Crippen LogP contribution in [0.25, 0.3) is 0 Å². The van der Waals surface area contributed by atoms with E-state index in [4.69, 9.17) is 4.74 Å². The van der Waals surface area contributed by atoms with Crippen molar-refractivity contribution in [3.05, 3.63) is 0 Å². The van der Waals surface area contributed by atoms with E-state index in [0.29, 0.717) is 17.1 Å². The van der Waals surface area contributed by atoms with E-state index in [-0.39, 0.29) is 0 Å². The fraction of sp³-hybridized carbons (Fsp3) is 1.00. The summed E-state index contributed by atoms with van der Waals surface area (Å²) in [4.78, 5) is 0. The smallest absolute Gasteiger partial charge is 0.0685 e. The summed E-state index contributed by atoms with van der Waals surface area (Å²) in [5.41, 5.74) is 0.842. The van der Waals surface area contributed by atoms with Crippen LogP contribution in [0.2, 0.25) is 0 Å². The Bertz CT molecular complexity index is 291. The monoisotopic (exact) mass is 251 g/mol. The Kier molecular flexibility index (Phi) is 3.44. The van der Waals surface area contributed by atoms with Crippen LogP contribution in [-0.4, -0.2) is 25.3 Å². The molecule has 1 saturated heterocycles. The highest BCUT2D eigenvalue weighted by Crippen LogP contribution is 2.50. The summed E-state index contributed by atoms with van der Waals surface area (Å²) in [7, 11) is 2.18. The van der Waals surface area contributed by atoms with Gasteiger partial charge in [0.25, 0.3) is 0 Å². The van der Waals surface area contributed by atoms with Gasteiger partial charge in [-0.25, -0.2) is 0 Å². The molecule has 3 rings (SSSR count). The van der Waals surface area contributed by atoms with Gasteiger partial charge >= 0.3 is 0 Å². The quantitative estimate of drug-likeness (QED) is 0.829. The molecule has 2 heteroatoms. The maximum atomic E-state index is 6.09. The maximum Gasteiger partial charge on any atom is 0.0685 e. The summed E-state index contributed by atoms with van der Waals surface area (Å²) in [6.45, 7) is 3.52. The van der Waals surface area contributed by atoms with Crippen LogP contribution in [-0.2, 0) is 4.74 Å². The van der Waals surface area contributed by atoms with Crippen molar-refractivity contribution in [2.24, 2.45) is 11.3 Å². The maximum absolute atomic E-state index is 6.09. The van der Waals surface area contributed by atoms with Crippen molar-refractivity contribution in [1.29, 1.82) is 0 Å². The van der Waals surface area contributed by atoms with Crippen LogP contribution in [0.1, 0.15) is 64.7 Å². The summed E-state index contributed by atoms with van der Waals surface area (Å²) in [5.74, 6) is 0.840. The summed E-state index contributed by atoms with van der Waals surface area (Å²) >= 11 is 0. The van der Waals surface area contributed by atoms with Gasteiger partial charge in [-0.3, -0.25) is 0 Å². The molecule has 1 N–H and O–H groups in total. The lowest BCUT2D eigenvalue weighted by Gasteiger charge is -2.51. The van der Waals surface area contributed by atoms with Crippen molar-refractivity contribution in [2.45, 2.75) is 76.4 Å². The van der Waals surface area contributed by atoms with Crippen molar-refractivity contribution in [2.75, 3.05) is 13.7 Å². The van der Waals surface area contributed by atoms with Gasteiger partial charge in [0.15, 0.2) is 0 Å². The molecule has 0 aromatic carbocycles. The molecular weight excluding hydrogens is 222 g/mol. The molecule has 0 amide bonds. The minimum atomic E-state index is 0.299. The van der Waals surface area contributed by atoms with Gasteiger partial charge in [-0.1, -0.05) is 19.8 Å². The summed E-state index contributed by atoms with van der Waals surface area (Å²) < 4.78 is 6.09. The average Bonchev–Trinajstić information content (AvgIpc) is 2.76. The van der Waals surface area contributed by atoms with E-state index in [1.54, 1.807) is 0 Å². The molecule has 2 unspecified atom stereocenters. The van der Waals surface area contributed by atoms with E-state index in [2.05, 4.69) is 19.3 Å². The largest absolute Gasteiger partial charge is 0.375 e. The lowest BCUT2D eigenvalue weighted by atomic mass is 9.65. The molecular formula is C16H29NO. The second-order valence-corrected chi connectivity index (χ2v) is 7.27. The van der Waals surface area contributed by atoms with Crippen LogP contribution in [0.4, 0.5) is 0 Å². The predicted molar refractivity (Wildman–Crippen MR) is 74.7 cm³/mol. The number of ether oxygens (including phenoxy) is 1. The normalized spacial score (nSPS) is 35.3. The standard InChI is InChI=1S/C16H29NO/c1-15(7-3-4-8-15)14(17-2)13-6-11-18-16(12-13)9-5-10-16/h13-14,17H,3-12H2,1-2H3. The summed E-state index contributed by atoms with van der Waals surface area (Å²) in [5, 5.41) is 3.68.